The van der Waals surface area contributed by atoms with Gasteiger partial charge in [-0.15, -0.1) is 0 Å². The number of carbonyl (C=O) groups is 9. The summed E-state index contributed by atoms with van der Waals surface area (Å²) in [6.07, 6.45) is -3.14. The van der Waals surface area contributed by atoms with Crippen LogP contribution < -0.4 is 16.0 Å². The van der Waals surface area contributed by atoms with Crippen molar-refractivity contribution in [1.29, 1.82) is 0 Å². The Morgan fingerprint density at radius 2 is 1.36 bits per heavy atom. The van der Waals surface area contributed by atoms with Gasteiger partial charge in [0.05, 0.1) is 31.0 Å². The van der Waals surface area contributed by atoms with Gasteiger partial charge in [0.1, 0.15) is 37.1 Å². The van der Waals surface area contributed by atoms with Crippen LogP contribution in [0.25, 0.3) is 4.85 Å². The molecule has 10 atom stereocenters. The van der Waals surface area contributed by atoms with Gasteiger partial charge in [-0.3, -0.25) is 38.4 Å². The van der Waals surface area contributed by atoms with E-state index in [4.69, 9.17) is 16.0 Å². The number of hydrogen-bond acceptors (Lipinski definition) is 12. The number of amides is 5. The molecule has 18 heteroatoms. The van der Waals surface area contributed by atoms with E-state index in [1.807, 2.05) is 6.07 Å². The first kappa shape index (κ1) is 59.6. The van der Waals surface area contributed by atoms with Crippen molar-refractivity contribution in [2.24, 2.45) is 29.6 Å². The highest BCUT2D eigenvalue weighted by atomic mass is 16.5. The Bertz CT molecular complexity index is 2910. The Morgan fingerprint density at radius 1 is 0.762 bits per heavy atom. The van der Waals surface area contributed by atoms with Crippen LogP contribution in [0.2, 0.25) is 0 Å². The maximum Gasteiger partial charge on any atom is 0.329 e. The number of ether oxygens (including phenoxy) is 2. The van der Waals surface area contributed by atoms with Crippen LogP contribution in [-0.2, 0) is 78.5 Å². The second-order valence-corrected chi connectivity index (χ2v) is 21.8. The van der Waals surface area contributed by atoms with E-state index < -0.39 is 126 Å². The van der Waals surface area contributed by atoms with E-state index in [0.29, 0.717) is 29.5 Å². The van der Waals surface area contributed by atoms with Crippen molar-refractivity contribution >= 4 is 58.7 Å². The molecule has 4 aromatic rings. The van der Waals surface area contributed by atoms with Gasteiger partial charge in [0, 0.05) is 44.6 Å². The molecule has 1 aliphatic carbocycles. The molecular formula is C62H72N6O12. The van der Waals surface area contributed by atoms with Crippen molar-refractivity contribution in [1.82, 2.24) is 25.8 Å². The molecule has 0 unspecified atom stereocenters. The summed E-state index contributed by atoms with van der Waals surface area (Å²) in [4.78, 5) is 137. The van der Waals surface area contributed by atoms with Crippen LogP contribution in [0, 0.1) is 36.2 Å². The monoisotopic (exact) mass is 1090 g/mol. The molecule has 7 rings (SSSR count). The molecule has 0 aromatic heterocycles. The number of Topliss-reactive ketones (excluding diaryl/α,β-unsaturated/α-hetero) is 2. The Balaban J connectivity index is 1.23. The van der Waals surface area contributed by atoms with Crippen molar-refractivity contribution in [2.45, 2.75) is 141 Å². The van der Waals surface area contributed by atoms with Crippen molar-refractivity contribution in [3.8, 4) is 0 Å². The van der Waals surface area contributed by atoms with Gasteiger partial charge >= 0.3 is 11.9 Å². The third kappa shape index (κ3) is 15.8. The van der Waals surface area contributed by atoms with Gasteiger partial charge in [-0.2, -0.15) is 0 Å². The normalized spacial score (nSPS) is 24.2. The summed E-state index contributed by atoms with van der Waals surface area (Å²) in [5.74, 6) is -10.8. The number of benzene rings is 4. The maximum atomic E-state index is 15.2. The number of carbonyl (C=O) groups excluding carboxylic acids is 9. The van der Waals surface area contributed by atoms with Crippen LogP contribution in [0.3, 0.4) is 0 Å². The zero-order valence-corrected chi connectivity index (χ0v) is 46.0. The number of likely N-dealkylation sites (N-methyl/N-ethyl adjacent to an activating group) is 1. The largest absolute Gasteiger partial charge is 0.461 e. The first-order valence-corrected chi connectivity index (χ1v) is 27.5. The van der Waals surface area contributed by atoms with Crippen molar-refractivity contribution in [2.75, 3.05) is 7.05 Å². The lowest BCUT2D eigenvalue weighted by Crippen LogP contribution is -2.62. The van der Waals surface area contributed by atoms with E-state index in [2.05, 4.69) is 20.8 Å². The number of cyclic esters (lactones) is 1. The Hall–Kier alpha value is -8.04. The molecule has 18 nitrogen and oxygen atoms in total. The minimum atomic E-state index is -1.50. The quantitative estimate of drug-likeness (QED) is 0.0727. The molecule has 80 heavy (non-hydrogen) atoms. The third-order valence-corrected chi connectivity index (χ3v) is 15.4. The maximum absolute atomic E-state index is 15.2. The smallest absolute Gasteiger partial charge is 0.329 e. The second-order valence-electron chi connectivity index (χ2n) is 21.8. The van der Waals surface area contributed by atoms with Crippen molar-refractivity contribution in [3.63, 3.8) is 0 Å². The van der Waals surface area contributed by atoms with Gasteiger partial charge in [-0.25, -0.2) is 9.64 Å². The van der Waals surface area contributed by atoms with Crippen LogP contribution in [0.4, 0.5) is 5.69 Å². The molecule has 2 saturated heterocycles. The summed E-state index contributed by atoms with van der Waals surface area (Å²) in [5.41, 5.74) is 2.85. The molecule has 4 aromatic carbocycles. The molecule has 5 amide bonds. The van der Waals surface area contributed by atoms with Crippen LogP contribution in [0.5, 0.6) is 0 Å². The number of ketones is 2. The number of piperidine rings is 1. The fraction of sp³-hybridized carbons (Fsp3) is 0.452. The summed E-state index contributed by atoms with van der Waals surface area (Å²) in [6.45, 7) is 13.8. The fourth-order valence-corrected chi connectivity index (χ4v) is 10.4. The molecule has 422 valence electrons. The van der Waals surface area contributed by atoms with Gasteiger partial charge in [0.2, 0.25) is 29.5 Å². The summed E-state index contributed by atoms with van der Waals surface area (Å²) in [5, 5.41) is 20.1. The molecule has 1 saturated carbocycles. The molecule has 2 aliphatic heterocycles. The number of aliphatic hydroxyl groups is 1. The fourth-order valence-electron chi connectivity index (χ4n) is 10.4. The van der Waals surface area contributed by atoms with E-state index in [1.165, 1.54) is 25.8 Å². The van der Waals surface area contributed by atoms with Crippen LogP contribution in [0.1, 0.15) is 94.9 Å². The number of nitrogens with zero attached hydrogens (tertiary/aromatic N) is 3. The lowest BCUT2D eigenvalue weighted by molar-refractivity contribution is -0.167. The number of fused-ring (bicyclic) bond motifs is 2. The zero-order chi connectivity index (χ0) is 57.6. The van der Waals surface area contributed by atoms with Gasteiger partial charge in [-0.05, 0) is 67.6 Å². The van der Waals surface area contributed by atoms with Gasteiger partial charge < -0.3 is 40.3 Å². The molecule has 2 bridgehead atoms. The summed E-state index contributed by atoms with van der Waals surface area (Å²) in [6, 6.07) is 26.8. The van der Waals surface area contributed by atoms with E-state index in [-0.39, 0.29) is 63.2 Å². The third-order valence-electron chi connectivity index (χ3n) is 15.4. The lowest BCUT2D eigenvalue weighted by Gasteiger charge is -2.43. The Morgan fingerprint density at radius 3 is 1.96 bits per heavy atom. The second kappa shape index (κ2) is 27.7. The summed E-state index contributed by atoms with van der Waals surface area (Å²) >= 11 is 0. The lowest BCUT2D eigenvalue weighted by atomic mass is 9.86. The predicted molar refractivity (Wildman–Crippen MR) is 294 cm³/mol. The van der Waals surface area contributed by atoms with E-state index >= 15 is 4.79 Å². The highest BCUT2D eigenvalue weighted by molar-refractivity contribution is 5.98. The highest BCUT2D eigenvalue weighted by Gasteiger charge is 2.47. The molecular weight excluding hydrogens is 1020 g/mol. The van der Waals surface area contributed by atoms with Gasteiger partial charge in [0.15, 0.2) is 17.3 Å². The van der Waals surface area contributed by atoms with Gasteiger partial charge in [0.25, 0.3) is 0 Å². The molecule has 0 radical (unpaired) electrons. The first-order valence-electron chi connectivity index (χ1n) is 27.5. The SMILES string of the molecule is [C-]#[N+]c1cccc(C[C@H](NC(=O)[C@H](C)CC(=O)OCc2ccccc2)C(=O)C[C@@H]2C(=O)N[C@@H](C3CC3)C(=O)C[C@H]3CC[C@@H](O)N(C3=O)[C@@H](Cc3ccccc3)C(=O)N(C)[C@@H](Cc3ccccc3)C(=O)N[C@@H](C(C)C)C(=O)O[C@@H]2C)c1. The highest BCUT2D eigenvalue weighted by Crippen LogP contribution is 2.36. The number of rotatable bonds is 17. The minimum absolute atomic E-state index is 0.0135. The van der Waals surface area contributed by atoms with Crippen molar-refractivity contribution in [3.05, 3.63) is 149 Å². The van der Waals surface area contributed by atoms with Crippen LogP contribution in [-0.4, -0.2) is 118 Å². The van der Waals surface area contributed by atoms with E-state index in [0.717, 1.165) is 10.5 Å². The zero-order valence-electron chi connectivity index (χ0n) is 46.0. The van der Waals surface area contributed by atoms with Crippen LogP contribution >= 0.6 is 0 Å². The van der Waals surface area contributed by atoms with E-state index in [9.17, 15) is 43.5 Å². The Kier molecular flexibility index (Phi) is 20.6. The topological polar surface area (TPSA) is 239 Å². The number of hydrogen-bond donors (Lipinski definition) is 4. The molecule has 3 aliphatic rings. The first-order chi connectivity index (χ1) is 38.3. The van der Waals surface area contributed by atoms with Crippen LogP contribution in [0.15, 0.2) is 115 Å². The molecule has 2 heterocycles. The van der Waals surface area contributed by atoms with Gasteiger partial charge in [-0.1, -0.05) is 142 Å². The predicted octanol–water partition coefficient (Wildman–Crippen LogP) is 5.79. The molecule has 4 N–H and O–H groups in total. The molecule has 3 fully saturated rings. The number of aliphatic hydroxyl groups excluding tert-OH is 1. The summed E-state index contributed by atoms with van der Waals surface area (Å²) in [7, 11) is 1.43. The average molecular weight is 1090 g/mol. The molecule has 0 spiro atoms. The minimum Gasteiger partial charge on any atom is -0.461 e. The standard InChI is InChI=1S/C62H72N6O12/c1-37(2)55-62(78)80-39(4)47(35-51(69)48(31-43-23-16-24-46(30-43)63-5)64-57(73)38(3)29-54(72)79-36-42-21-14-9-15-22-42)58(74)66-56(44-25-26-44)52(70)34-45-27-28-53(71)68(60(45)76)50(33-41-19-12-8-13-20-41)61(77)67(6)49(59(75)65-55)32-40-17-10-7-11-18-40/h7-24,30,37-39,44-45,47-50,53,55-56,71H,25-29,31-36H2,1-4,6H3,(H,64,73)(H,65,75)(H,66,74)/t38-,39-,45-,47+,48+,49+,50+,53-,55+,56+/m1/s1. The average Bonchev–Trinajstić information content (AvgIpc) is 4.30. The van der Waals surface area contributed by atoms with E-state index in [1.54, 1.807) is 123 Å². The van der Waals surface area contributed by atoms with Crippen molar-refractivity contribution < 1.29 is 57.7 Å². The number of esters is 2. The summed E-state index contributed by atoms with van der Waals surface area (Å²) < 4.78 is 11.5. The Labute approximate surface area is 467 Å². The number of nitrogens with one attached hydrogen (secondary N) is 3.